The quantitative estimate of drug-likeness (QED) is 0.424. The van der Waals surface area contributed by atoms with Gasteiger partial charge >= 0.3 is 0 Å². The van der Waals surface area contributed by atoms with Gasteiger partial charge in [0.15, 0.2) is 0 Å². The van der Waals surface area contributed by atoms with E-state index < -0.39 is 23.7 Å². The van der Waals surface area contributed by atoms with Crippen LogP contribution >= 0.6 is 0 Å². The van der Waals surface area contributed by atoms with Crippen molar-refractivity contribution in [3.05, 3.63) is 36.2 Å². The summed E-state index contributed by atoms with van der Waals surface area (Å²) in [5.41, 5.74) is 0.131. The Hall–Kier alpha value is -2.00. The van der Waals surface area contributed by atoms with Crippen LogP contribution in [-0.4, -0.2) is 30.5 Å². The molecule has 3 nitrogen and oxygen atoms in total. The van der Waals surface area contributed by atoms with Crippen LogP contribution in [0.25, 0.3) is 0 Å². The fraction of sp³-hybridized carbons (Fsp3) is 0.500. The summed E-state index contributed by atoms with van der Waals surface area (Å²) < 4.78 is 39.9. The third-order valence-corrected chi connectivity index (χ3v) is 3.84. The van der Waals surface area contributed by atoms with Crippen LogP contribution in [0.1, 0.15) is 32.6 Å². The summed E-state index contributed by atoms with van der Waals surface area (Å²) in [6, 6.07) is -1.28. The number of carbonyl (C=O) groups is 1. The lowest BCUT2D eigenvalue weighted by molar-refractivity contribution is -0.124. The standard InChI is InChI=1S/C18H23F3N2O/c1-4-11-22-16(13(5-2)12-14(19)6-3)17(24)23-15-7-9-18(20,21)10-8-15/h2,4,6,12,15-16,22H,1,7-11H2,3H3,(H,23,24)/b13-12+,14-6+. The molecule has 0 aromatic heterocycles. The fourth-order valence-corrected chi connectivity index (χ4v) is 2.45. The maximum atomic E-state index is 13.5. The van der Waals surface area contributed by atoms with Gasteiger partial charge in [-0.1, -0.05) is 18.1 Å². The largest absolute Gasteiger partial charge is 0.352 e. The topological polar surface area (TPSA) is 41.1 Å². The zero-order valence-corrected chi connectivity index (χ0v) is 13.7. The van der Waals surface area contributed by atoms with Crippen LogP contribution in [0.5, 0.6) is 0 Å². The van der Waals surface area contributed by atoms with Crippen molar-refractivity contribution >= 4 is 5.91 Å². The first-order chi connectivity index (χ1) is 11.3. The molecular weight excluding hydrogens is 317 g/mol. The lowest BCUT2D eigenvalue weighted by Crippen LogP contribution is -2.50. The monoisotopic (exact) mass is 340 g/mol. The van der Waals surface area contributed by atoms with E-state index in [2.05, 4.69) is 23.1 Å². The summed E-state index contributed by atoms with van der Waals surface area (Å²) in [5, 5.41) is 5.60. The molecule has 1 saturated carbocycles. The second-order valence-corrected chi connectivity index (χ2v) is 5.69. The van der Waals surface area contributed by atoms with Gasteiger partial charge in [0.2, 0.25) is 11.8 Å². The normalized spacial score (nSPS) is 20.1. The molecule has 1 aliphatic carbocycles. The third-order valence-electron chi connectivity index (χ3n) is 3.84. The van der Waals surface area contributed by atoms with Crippen molar-refractivity contribution in [3.8, 4) is 12.3 Å². The van der Waals surface area contributed by atoms with Crippen LogP contribution in [0.15, 0.2) is 36.2 Å². The molecule has 6 heteroatoms. The van der Waals surface area contributed by atoms with Crippen LogP contribution in [0.4, 0.5) is 13.2 Å². The molecule has 0 spiro atoms. The minimum Gasteiger partial charge on any atom is -0.352 e. The van der Waals surface area contributed by atoms with Gasteiger partial charge in [0, 0.05) is 31.0 Å². The lowest BCUT2D eigenvalue weighted by atomic mass is 9.92. The molecule has 0 aliphatic heterocycles. The van der Waals surface area contributed by atoms with E-state index in [4.69, 9.17) is 6.42 Å². The highest BCUT2D eigenvalue weighted by molar-refractivity contribution is 5.86. The van der Waals surface area contributed by atoms with Gasteiger partial charge < -0.3 is 5.32 Å². The Morgan fingerprint density at radius 3 is 2.58 bits per heavy atom. The third kappa shape index (κ3) is 6.25. The molecule has 132 valence electrons. The van der Waals surface area contributed by atoms with E-state index in [-0.39, 0.29) is 43.8 Å². The molecule has 1 unspecified atom stereocenters. The molecule has 0 heterocycles. The summed E-state index contributed by atoms with van der Waals surface area (Å²) >= 11 is 0. The van der Waals surface area contributed by atoms with Gasteiger partial charge in [-0.05, 0) is 25.8 Å². The van der Waals surface area contributed by atoms with Gasteiger partial charge in [0.05, 0.1) is 0 Å². The Morgan fingerprint density at radius 2 is 2.08 bits per heavy atom. The van der Waals surface area contributed by atoms with Crippen LogP contribution < -0.4 is 10.6 Å². The van der Waals surface area contributed by atoms with Crippen LogP contribution in [-0.2, 0) is 4.79 Å². The number of hydrogen-bond acceptors (Lipinski definition) is 2. The minimum atomic E-state index is -2.67. The highest BCUT2D eigenvalue weighted by atomic mass is 19.3. The summed E-state index contributed by atoms with van der Waals surface area (Å²) in [5.74, 6) is -1.37. The number of hydrogen-bond donors (Lipinski definition) is 2. The van der Waals surface area contributed by atoms with E-state index in [1.54, 1.807) is 6.08 Å². The number of rotatable bonds is 7. The summed E-state index contributed by atoms with van der Waals surface area (Å²) in [4.78, 5) is 12.5. The van der Waals surface area contributed by atoms with Crippen LogP contribution in [0.2, 0.25) is 0 Å². The van der Waals surface area contributed by atoms with E-state index in [0.29, 0.717) is 0 Å². The van der Waals surface area contributed by atoms with E-state index >= 15 is 0 Å². The molecule has 2 N–H and O–H groups in total. The zero-order valence-electron chi connectivity index (χ0n) is 13.7. The first-order valence-electron chi connectivity index (χ1n) is 7.85. The average molecular weight is 340 g/mol. The molecule has 1 aliphatic rings. The molecule has 0 aromatic carbocycles. The van der Waals surface area contributed by atoms with Crippen LogP contribution in [0, 0.1) is 12.3 Å². The van der Waals surface area contributed by atoms with Crippen molar-refractivity contribution in [3.63, 3.8) is 0 Å². The Bertz CT molecular complexity index is 551. The Kier molecular flexibility index (Phi) is 7.80. The fourth-order valence-electron chi connectivity index (χ4n) is 2.45. The molecule has 24 heavy (non-hydrogen) atoms. The summed E-state index contributed by atoms with van der Waals surface area (Å²) in [6.07, 6.45) is 9.16. The van der Waals surface area contributed by atoms with E-state index in [1.165, 1.54) is 13.0 Å². The predicted molar refractivity (Wildman–Crippen MR) is 89.1 cm³/mol. The van der Waals surface area contributed by atoms with Gasteiger partial charge in [0.1, 0.15) is 11.9 Å². The average Bonchev–Trinajstić information content (AvgIpc) is 2.55. The molecular formula is C18H23F3N2O. The number of amides is 1. The number of nitrogens with one attached hydrogen (secondary N) is 2. The second-order valence-electron chi connectivity index (χ2n) is 5.69. The predicted octanol–water partition coefficient (Wildman–Crippen LogP) is 3.26. The van der Waals surface area contributed by atoms with E-state index in [0.717, 1.165) is 6.08 Å². The molecule has 0 radical (unpaired) electrons. The molecule has 0 bridgehead atoms. The van der Waals surface area contributed by atoms with Crippen molar-refractivity contribution in [2.75, 3.05) is 6.54 Å². The Labute approximate surface area is 141 Å². The van der Waals surface area contributed by atoms with Crippen LogP contribution in [0.3, 0.4) is 0 Å². The van der Waals surface area contributed by atoms with Crippen molar-refractivity contribution in [2.45, 2.75) is 50.6 Å². The van der Waals surface area contributed by atoms with Gasteiger partial charge in [-0.3, -0.25) is 10.1 Å². The molecule has 1 rings (SSSR count). The number of alkyl halides is 2. The first kappa shape index (κ1) is 20.0. The highest BCUT2D eigenvalue weighted by Gasteiger charge is 2.36. The summed E-state index contributed by atoms with van der Waals surface area (Å²) in [6.45, 7) is 5.35. The van der Waals surface area contributed by atoms with Gasteiger partial charge in [0.25, 0.3) is 0 Å². The van der Waals surface area contributed by atoms with E-state index in [9.17, 15) is 18.0 Å². The highest BCUT2D eigenvalue weighted by Crippen LogP contribution is 2.33. The molecule has 0 aromatic rings. The maximum absolute atomic E-state index is 13.5. The molecule has 1 fully saturated rings. The minimum absolute atomic E-state index is 0.131. The van der Waals surface area contributed by atoms with Gasteiger partial charge in [-0.2, -0.15) is 0 Å². The number of allylic oxidation sites excluding steroid dienone is 3. The summed E-state index contributed by atoms with van der Waals surface area (Å²) in [7, 11) is 0. The number of halogens is 3. The second kappa shape index (κ2) is 9.33. The Balaban J connectivity index is 2.83. The maximum Gasteiger partial charge on any atom is 0.248 e. The first-order valence-corrected chi connectivity index (χ1v) is 7.85. The zero-order chi connectivity index (χ0) is 18.2. The SMILES string of the molecule is C#C/C(=C\C(F)=C/C)C(NCC=C)C(=O)NC1CCC(F)(F)CC1. The number of carbonyl (C=O) groups excluding carboxylic acids is 1. The van der Waals surface area contributed by atoms with Gasteiger partial charge in [-0.15, -0.1) is 13.0 Å². The van der Waals surface area contributed by atoms with Crippen molar-refractivity contribution in [1.29, 1.82) is 0 Å². The molecule has 1 atom stereocenters. The van der Waals surface area contributed by atoms with Crippen molar-refractivity contribution in [2.24, 2.45) is 0 Å². The van der Waals surface area contributed by atoms with Gasteiger partial charge in [-0.25, -0.2) is 13.2 Å². The van der Waals surface area contributed by atoms with Crippen molar-refractivity contribution < 1.29 is 18.0 Å². The van der Waals surface area contributed by atoms with E-state index in [1.807, 2.05) is 0 Å². The molecule has 1 amide bonds. The van der Waals surface area contributed by atoms with Crippen molar-refractivity contribution in [1.82, 2.24) is 10.6 Å². The smallest absolute Gasteiger partial charge is 0.248 e. The Morgan fingerprint density at radius 1 is 1.46 bits per heavy atom. The molecule has 0 saturated heterocycles. The lowest BCUT2D eigenvalue weighted by Gasteiger charge is -2.30. The number of terminal acetylenes is 1.